The van der Waals surface area contributed by atoms with Crippen LogP contribution in [0.3, 0.4) is 0 Å². The second-order valence-electron chi connectivity index (χ2n) is 3.91. The molecule has 4 N–H and O–H groups in total. The molecule has 0 spiro atoms. The number of nitrogens with zero attached hydrogens (tertiary/aromatic N) is 1. The summed E-state index contributed by atoms with van der Waals surface area (Å²) in [5, 5.41) is 12.0. The largest absolute Gasteiger partial charge is 0.396 e. The Balaban J connectivity index is 4.33. The van der Waals surface area contributed by atoms with Gasteiger partial charge in [-0.1, -0.05) is 13.8 Å². The highest BCUT2D eigenvalue weighted by molar-refractivity contribution is 5.77. The highest BCUT2D eigenvalue weighted by atomic mass is 16.3. The smallest absolute Gasteiger partial charge is 0.188 e. The summed E-state index contributed by atoms with van der Waals surface area (Å²) in [6, 6.07) is 0. The average molecular weight is 215 g/mol. The van der Waals surface area contributed by atoms with Gasteiger partial charge in [0, 0.05) is 19.7 Å². The Morgan fingerprint density at radius 2 is 1.93 bits per heavy atom. The number of nitrogens with two attached hydrogens (primary N) is 1. The third kappa shape index (κ3) is 5.02. The van der Waals surface area contributed by atoms with Crippen molar-refractivity contribution >= 4 is 5.96 Å². The minimum atomic E-state index is 0.106. The molecule has 0 aromatic carbocycles. The number of hydrogen-bond acceptors (Lipinski definition) is 2. The fraction of sp³-hybridized carbons (Fsp3) is 0.909. The Kier molecular flexibility index (Phi) is 7.13. The molecular weight excluding hydrogens is 190 g/mol. The molecule has 0 radical (unpaired) electrons. The first kappa shape index (κ1) is 14.2. The van der Waals surface area contributed by atoms with Gasteiger partial charge in [0.25, 0.3) is 0 Å². The van der Waals surface area contributed by atoms with Crippen LogP contribution in [0.4, 0.5) is 0 Å². The third-order valence-electron chi connectivity index (χ3n) is 3.08. The van der Waals surface area contributed by atoms with E-state index in [9.17, 15) is 0 Å². The summed E-state index contributed by atoms with van der Waals surface area (Å²) in [6.45, 7) is 7.97. The predicted octanol–water partition coefficient (Wildman–Crippen LogP) is 1.10. The average Bonchev–Trinajstić information content (AvgIpc) is 2.25. The molecule has 0 unspecified atom stereocenters. The molecule has 0 bridgehead atoms. The van der Waals surface area contributed by atoms with Crippen LogP contribution in [0.1, 0.15) is 40.0 Å². The lowest BCUT2D eigenvalue weighted by molar-refractivity contribution is 0.175. The van der Waals surface area contributed by atoms with E-state index in [1.807, 2.05) is 6.92 Å². The van der Waals surface area contributed by atoms with Crippen molar-refractivity contribution in [2.24, 2.45) is 16.1 Å². The number of hydrogen-bond donors (Lipinski definition) is 3. The summed E-state index contributed by atoms with van der Waals surface area (Å²) in [6.07, 6.45) is 2.84. The molecule has 0 aliphatic heterocycles. The minimum Gasteiger partial charge on any atom is -0.396 e. The van der Waals surface area contributed by atoms with Gasteiger partial charge in [-0.05, 0) is 31.6 Å². The first-order chi connectivity index (χ1) is 7.14. The SMILES string of the molecule is CCNC(N)=NCC(CC)(CC)CCO. The molecule has 0 aromatic rings. The zero-order valence-corrected chi connectivity index (χ0v) is 10.2. The van der Waals surface area contributed by atoms with E-state index in [4.69, 9.17) is 10.8 Å². The number of aliphatic hydroxyl groups excluding tert-OH is 1. The molecule has 0 atom stereocenters. The van der Waals surface area contributed by atoms with Gasteiger partial charge in [-0.25, -0.2) is 0 Å². The molecule has 4 heteroatoms. The van der Waals surface area contributed by atoms with E-state index < -0.39 is 0 Å². The van der Waals surface area contributed by atoms with E-state index in [2.05, 4.69) is 24.2 Å². The topological polar surface area (TPSA) is 70.6 Å². The molecule has 0 aliphatic rings. The lowest BCUT2D eigenvalue weighted by Gasteiger charge is -2.29. The number of aliphatic imine (C=N–C) groups is 1. The molecule has 0 saturated carbocycles. The monoisotopic (exact) mass is 215 g/mol. The van der Waals surface area contributed by atoms with E-state index in [1.165, 1.54) is 0 Å². The molecule has 4 nitrogen and oxygen atoms in total. The molecule has 15 heavy (non-hydrogen) atoms. The van der Waals surface area contributed by atoms with Crippen molar-refractivity contribution in [3.8, 4) is 0 Å². The maximum atomic E-state index is 9.04. The summed E-state index contributed by atoms with van der Waals surface area (Å²) in [7, 11) is 0. The van der Waals surface area contributed by atoms with Crippen molar-refractivity contribution in [2.75, 3.05) is 19.7 Å². The summed E-state index contributed by atoms with van der Waals surface area (Å²) < 4.78 is 0. The number of nitrogens with one attached hydrogen (secondary N) is 1. The zero-order chi connectivity index (χ0) is 11.7. The van der Waals surface area contributed by atoms with Gasteiger partial charge in [-0.3, -0.25) is 4.99 Å². The van der Waals surface area contributed by atoms with Crippen molar-refractivity contribution in [3.05, 3.63) is 0 Å². The molecule has 90 valence electrons. The van der Waals surface area contributed by atoms with Crippen LogP contribution in [-0.4, -0.2) is 30.8 Å². The van der Waals surface area contributed by atoms with Crippen LogP contribution in [0.5, 0.6) is 0 Å². The first-order valence-corrected chi connectivity index (χ1v) is 5.78. The lowest BCUT2D eigenvalue weighted by atomic mass is 9.79. The van der Waals surface area contributed by atoms with Crippen LogP contribution < -0.4 is 11.1 Å². The minimum absolute atomic E-state index is 0.106. The normalized spacial score (nSPS) is 12.9. The van der Waals surface area contributed by atoms with Crippen molar-refractivity contribution in [1.29, 1.82) is 0 Å². The summed E-state index contributed by atoms with van der Waals surface area (Å²) in [5.74, 6) is 0.502. The quantitative estimate of drug-likeness (QED) is 0.440. The highest BCUT2D eigenvalue weighted by Crippen LogP contribution is 2.30. The van der Waals surface area contributed by atoms with Crippen molar-refractivity contribution < 1.29 is 5.11 Å². The Hall–Kier alpha value is -0.770. The van der Waals surface area contributed by atoms with Crippen molar-refractivity contribution in [2.45, 2.75) is 40.0 Å². The van der Waals surface area contributed by atoms with Gasteiger partial charge in [0.15, 0.2) is 5.96 Å². The van der Waals surface area contributed by atoms with E-state index in [0.717, 1.165) is 25.8 Å². The van der Waals surface area contributed by atoms with Gasteiger partial charge in [-0.2, -0.15) is 0 Å². The molecule has 0 aliphatic carbocycles. The van der Waals surface area contributed by atoms with Crippen LogP contribution in [0.2, 0.25) is 0 Å². The van der Waals surface area contributed by atoms with E-state index >= 15 is 0 Å². The highest BCUT2D eigenvalue weighted by Gasteiger charge is 2.25. The van der Waals surface area contributed by atoms with Gasteiger partial charge in [0.2, 0.25) is 0 Å². The lowest BCUT2D eigenvalue weighted by Crippen LogP contribution is -2.33. The summed E-state index contributed by atoms with van der Waals surface area (Å²) >= 11 is 0. The second-order valence-corrected chi connectivity index (χ2v) is 3.91. The molecule has 0 aromatic heterocycles. The van der Waals surface area contributed by atoms with E-state index in [0.29, 0.717) is 12.5 Å². The molecule has 0 rings (SSSR count). The van der Waals surface area contributed by atoms with Crippen molar-refractivity contribution in [1.82, 2.24) is 5.32 Å². The fourth-order valence-corrected chi connectivity index (χ4v) is 1.63. The van der Waals surface area contributed by atoms with Gasteiger partial charge >= 0.3 is 0 Å². The standard InChI is InChI=1S/C11H25N3O/c1-4-11(5-2,7-8-15)9-14-10(12)13-6-3/h15H,4-9H2,1-3H3,(H3,12,13,14). The maximum Gasteiger partial charge on any atom is 0.188 e. The van der Waals surface area contributed by atoms with E-state index in [1.54, 1.807) is 0 Å². The summed E-state index contributed by atoms with van der Waals surface area (Å²) in [4.78, 5) is 4.32. The van der Waals surface area contributed by atoms with Crippen LogP contribution in [0.15, 0.2) is 4.99 Å². The second kappa shape index (κ2) is 7.51. The molecule has 0 saturated heterocycles. The van der Waals surface area contributed by atoms with Crippen LogP contribution in [0.25, 0.3) is 0 Å². The predicted molar refractivity (Wildman–Crippen MR) is 64.9 cm³/mol. The fourth-order valence-electron chi connectivity index (χ4n) is 1.63. The third-order valence-corrected chi connectivity index (χ3v) is 3.08. The zero-order valence-electron chi connectivity index (χ0n) is 10.2. The molecule has 0 amide bonds. The van der Waals surface area contributed by atoms with Gasteiger partial charge in [-0.15, -0.1) is 0 Å². The Labute approximate surface area is 93.0 Å². The Morgan fingerprint density at radius 3 is 2.33 bits per heavy atom. The van der Waals surface area contributed by atoms with Crippen LogP contribution in [0, 0.1) is 5.41 Å². The van der Waals surface area contributed by atoms with Crippen molar-refractivity contribution in [3.63, 3.8) is 0 Å². The van der Waals surface area contributed by atoms with Gasteiger partial charge in [0.1, 0.15) is 0 Å². The number of guanidine groups is 1. The van der Waals surface area contributed by atoms with Gasteiger partial charge < -0.3 is 16.2 Å². The Morgan fingerprint density at radius 1 is 1.33 bits per heavy atom. The molecule has 0 heterocycles. The molecular formula is C11H25N3O. The van der Waals surface area contributed by atoms with Crippen LogP contribution >= 0.6 is 0 Å². The number of aliphatic hydroxyl groups is 1. The number of rotatable bonds is 7. The summed E-state index contributed by atoms with van der Waals surface area (Å²) in [5.41, 5.74) is 5.78. The first-order valence-electron chi connectivity index (χ1n) is 5.78. The van der Waals surface area contributed by atoms with Crippen LogP contribution in [-0.2, 0) is 0 Å². The van der Waals surface area contributed by atoms with E-state index in [-0.39, 0.29) is 12.0 Å². The maximum absolute atomic E-state index is 9.04. The Bertz CT molecular complexity index is 188. The molecule has 0 fully saturated rings. The van der Waals surface area contributed by atoms with Gasteiger partial charge in [0.05, 0.1) is 0 Å².